The van der Waals surface area contributed by atoms with Crippen LogP contribution >= 0.6 is 0 Å². The molecule has 0 saturated carbocycles. The Morgan fingerprint density at radius 2 is 0.705 bits per heavy atom. The summed E-state index contributed by atoms with van der Waals surface area (Å²) in [5.74, 6) is 0.693. The van der Waals surface area contributed by atoms with E-state index < -0.39 is 0 Å². The van der Waals surface area contributed by atoms with Crippen LogP contribution in [-0.2, 0) is 0 Å². The molecule has 0 aliphatic heterocycles. The number of furan rings is 1. The van der Waals surface area contributed by atoms with E-state index in [0.717, 1.165) is 77.8 Å². The lowest BCUT2D eigenvalue weighted by atomic mass is 9.92. The molecule has 0 bridgehead atoms. The molecule has 0 atom stereocenters. The summed E-state index contributed by atoms with van der Waals surface area (Å²) in [5.41, 5.74) is 13.5. The molecular weight excluding hydrogens is 741 g/mol. The maximum atomic E-state index is 6.33. The van der Waals surface area contributed by atoms with E-state index in [-0.39, 0.29) is 0 Å². The summed E-state index contributed by atoms with van der Waals surface area (Å²) in [6, 6.07) is 77.5. The number of fused-ring (bicyclic) bond motifs is 9. The van der Waals surface area contributed by atoms with Crippen molar-refractivity contribution in [3.05, 3.63) is 218 Å². The Morgan fingerprint density at radius 1 is 0.262 bits per heavy atom. The molecule has 0 N–H and O–H groups in total. The van der Waals surface area contributed by atoms with Crippen LogP contribution < -0.4 is 0 Å². The van der Waals surface area contributed by atoms with Crippen molar-refractivity contribution in [2.24, 2.45) is 0 Å². The Balaban J connectivity index is 0.868. The first kappa shape index (κ1) is 34.9. The molecule has 12 rings (SSSR count). The van der Waals surface area contributed by atoms with Gasteiger partial charge in [0.1, 0.15) is 11.2 Å². The Kier molecular flexibility index (Phi) is 8.17. The second kappa shape index (κ2) is 14.3. The molecule has 0 amide bonds. The van der Waals surface area contributed by atoms with Crippen LogP contribution in [0.3, 0.4) is 0 Å². The number of nitrogens with zero attached hydrogens (tertiary/aromatic N) is 2. The molecule has 3 nitrogen and oxygen atoms in total. The van der Waals surface area contributed by atoms with Crippen molar-refractivity contribution in [3.63, 3.8) is 0 Å². The van der Waals surface area contributed by atoms with Crippen LogP contribution in [0.1, 0.15) is 0 Å². The maximum absolute atomic E-state index is 6.33. The zero-order valence-electron chi connectivity index (χ0n) is 33.1. The standard InChI is InChI=1S/C58H36N2O/c1-2-11-41(12-3-1)54-36-55(42-29-23-38(24-30-42)37-21-27-40(28-22-37)45-18-10-19-52-51-17-8-9-20-56(51)61-57(45)52)60-58(59-54)43-31-25-39(26-32-43)44-33-34-50-48-15-5-4-13-46(48)47-14-6-7-16-49(47)53(50)35-44/h1-36H. The summed E-state index contributed by atoms with van der Waals surface area (Å²) in [4.78, 5) is 10.3. The molecule has 2 aromatic heterocycles. The van der Waals surface area contributed by atoms with E-state index in [2.05, 4.69) is 200 Å². The topological polar surface area (TPSA) is 38.9 Å². The first-order valence-electron chi connectivity index (χ1n) is 20.7. The maximum Gasteiger partial charge on any atom is 0.160 e. The minimum absolute atomic E-state index is 0.693. The molecule has 0 spiro atoms. The van der Waals surface area contributed by atoms with Crippen molar-refractivity contribution in [2.45, 2.75) is 0 Å². The van der Waals surface area contributed by atoms with Crippen molar-refractivity contribution >= 4 is 54.3 Å². The monoisotopic (exact) mass is 776 g/mol. The van der Waals surface area contributed by atoms with Crippen molar-refractivity contribution in [1.29, 1.82) is 0 Å². The average Bonchev–Trinajstić information content (AvgIpc) is 3.73. The van der Waals surface area contributed by atoms with Crippen molar-refractivity contribution < 1.29 is 4.42 Å². The van der Waals surface area contributed by atoms with E-state index >= 15 is 0 Å². The predicted octanol–water partition coefficient (Wildman–Crippen LogP) is 15.8. The molecule has 10 aromatic carbocycles. The lowest BCUT2D eigenvalue weighted by Gasteiger charge is -2.13. The number of hydrogen-bond acceptors (Lipinski definition) is 3. The Labute approximate surface area is 352 Å². The van der Waals surface area contributed by atoms with Gasteiger partial charge >= 0.3 is 0 Å². The molecule has 284 valence electrons. The number of aromatic nitrogens is 2. The fraction of sp³-hybridized carbons (Fsp3) is 0. The van der Waals surface area contributed by atoms with E-state index in [1.807, 2.05) is 18.2 Å². The van der Waals surface area contributed by atoms with E-state index in [4.69, 9.17) is 14.4 Å². The zero-order valence-corrected chi connectivity index (χ0v) is 33.1. The summed E-state index contributed by atoms with van der Waals surface area (Å²) in [7, 11) is 0. The molecule has 0 unspecified atom stereocenters. The molecule has 0 saturated heterocycles. The summed E-state index contributed by atoms with van der Waals surface area (Å²) >= 11 is 0. The van der Waals surface area contributed by atoms with E-state index in [1.54, 1.807) is 0 Å². The van der Waals surface area contributed by atoms with Crippen molar-refractivity contribution in [2.75, 3.05) is 0 Å². The number of para-hydroxylation sites is 2. The van der Waals surface area contributed by atoms with Crippen molar-refractivity contribution in [1.82, 2.24) is 9.97 Å². The minimum Gasteiger partial charge on any atom is -0.455 e. The van der Waals surface area contributed by atoms with Gasteiger partial charge in [-0.05, 0) is 78.3 Å². The van der Waals surface area contributed by atoms with Gasteiger partial charge < -0.3 is 4.42 Å². The Hall–Kier alpha value is -8.14. The smallest absolute Gasteiger partial charge is 0.160 e. The predicted molar refractivity (Wildman–Crippen MR) is 254 cm³/mol. The van der Waals surface area contributed by atoms with Gasteiger partial charge in [0, 0.05) is 33.0 Å². The normalized spacial score (nSPS) is 11.6. The van der Waals surface area contributed by atoms with Crippen LogP contribution in [-0.4, -0.2) is 9.97 Å². The van der Waals surface area contributed by atoms with Gasteiger partial charge in [-0.1, -0.05) is 200 Å². The van der Waals surface area contributed by atoms with Crippen LogP contribution in [0, 0.1) is 0 Å². The summed E-state index contributed by atoms with van der Waals surface area (Å²) in [6.45, 7) is 0. The molecule has 0 aliphatic rings. The molecular formula is C58H36N2O. The summed E-state index contributed by atoms with van der Waals surface area (Å²) in [5, 5.41) is 9.93. The van der Waals surface area contributed by atoms with Crippen molar-refractivity contribution in [3.8, 4) is 67.3 Å². The third-order valence-corrected chi connectivity index (χ3v) is 12.1. The van der Waals surface area contributed by atoms with Gasteiger partial charge in [0.25, 0.3) is 0 Å². The summed E-state index contributed by atoms with van der Waals surface area (Å²) < 4.78 is 6.33. The zero-order chi connectivity index (χ0) is 40.3. The fourth-order valence-corrected chi connectivity index (χ4v) is 9.03. The van der Waals surface area contributed by atoms with Gasteiger partial charge in [-0.2, -0.15) is 0 Å². The highest BCUT2D eigenvalue weighted by Gasteiger charge is 2.15. The molecule has 2 heterocycles. The molecule has 3 heteroatoms. The lowest BCUT2D eigenvalue weighted by molar-refractivity contribution is 0.670. The molecule has 0 fully saturated rings. The van der Waals surface area contributed by atoms with Gasteiger partial charge in [0.2, 0.25) is 0 Å². The van der Waals surface area contributed by atoms with Crippen LogP contribution in [0.2, 0.25) is 0 Å². The number of benzene rings is 10. The molecule has 0 radical (unpaired) electrons. The second-order valence-electron chi connectivity index (χ2n) is 15.7. The highest BCUT2D eigenvalue weighted by Crippen LogP contribution is 2.39. The highest BCUT2D eigenvalue weighted by atomic mass is 16.3. The lowest BCUT2D eigenvalue weighted by Crippen LogP contribution is -1.96. The van der Waals surface area contributed by atoms with Gasteiger partial charge in [0.05, 0.1) is 11.4 Å². The van der Waals surface area contributed by atoms with Gasteiger partial charge in [-0.25, -0.2) is 9.97 Å². The molecule has 12 aromatic rings. The largest absolute Gasteiger partial charge is 0.455 e. The number of rotatable bonds is 6. The number of hydrogen-bond donors (Lipinski definition) is 0. The van der Waals surface area contributed by atoms with Crippen LogP contribution in [0.4, 0.5) is 0 Å². The third-order valence-electron chi connectivity index (χ3n) is 12.1. The van der Waals surface area contributed by atoms with E-state index in [9.17, 15) is 0 Å². The fourth-order valence-electron chi connectivity index (χ4n) is 9.03. The molecule has 61 heavy (non-hydrogen) atoms. The van der Waals surface area contributed by atoms with Gasteiger partial charge in [-0.15, -0.1) is 0 Å². The van der Waals surface area contributed by atoms with E-state index in [1.165, 1.54) is 37.9 Å². The molecule has 0 aliphatic carbocycles. The van der Waals surface area contributed by atoms with Gasteiger partial charge in [-0.3, -0.25) is 0 Å². The van der Waals surface area contributed by atoms with Crippen LogP contribution in [0.15, 0.2) is 223 Å². The average molecular weight is 777 g/mol. The Morgan fingerprint density at radius 3 is 1.34 bits per heavy atom. The minimum atomic E-state index is 0.693. The summed E-state index contributed by atoms with van der Waals surface area (Å²) in [6.07, 6.45) is 0. The third kappa shape index (κ3) is 6.06. The quantitative estimate of drug-likeness (QED) is 0.158. The second-order valence-corrected chi connectivity index (χ2v) is 15.7. The highest BCUT2D eigenvalue weighted by molar-refractivity contribution is 6.25. The first-order chi connectivity index (χ1) is 30.2. The SMILES string of the molecule is c1ccc(-c2cc(-c3ccc(-c4ccc(-c5cccc6c5oc5ccccc56)cc4)cc3)nc(-c3ccc(-c4ccc5c6ccccc6c6ccccc6c5c4)cc3)n2)cc1. The van der Waals surface area contributed by atoms with E-state index in [0.29, 0.717) is 5.82 Å². The van der Waals surface area contributed by atoms with Gasteiger partial charge in [0.15, 0.2) is 5.82 Å². The Bertz CT molecular complexity index is 3570. The van der Waals surface area contributed by atoms with Crippen LogP contribution in [0.25, 0.3) is 122 Å². The first-order valence-corrected chi connectivity index (χ1v) is 20.7. The van der Waals surface area contributed by atoms with Crippen LogP contribution in [0.5, 0.6) is 0 Å².